The van der Waals surface area contributed by atoms with E-state index in [0.29, 0.717) is 6.42 Å². The van der Waals surface area contributed by atoms with Crippen LogP contribution in [0.5, 0.6) is 0 Å². The molecule has 1 saturated heterocycles. The molecule has 1 aliphatic heterocycles. The molecule has 0 radical (unpaired) electrons. The monoisotopic (exact) mass is 305 g/mol. The maximum absolute atomic E-state index is 12.4. The van der Waals surface area contributed by atoms with Gasteiger partial charge < -0.3 is 5.73 Å². The molecule has 1 fully saturated rings. The summed E-state index contributed by atoms with van der Waals surface area (Å²) >= 11 is 0. The van der Waals surface area contributed by atoms with Crippen LogP contribution < -0.4 is 5.73 Å². The van der Waals surface area contributed by atoms with Gasteiger partial charge in [-0.15, -0.1) is 0 Å². The first-order chi connectivity index (χ1) is 8.81. The van der Waals surface area contributed by atoms with Crippen molar-refractivity contribution in [2.24, 2.45) is 0 Å². The lowest BCUT2D eigenvalue weighted by Crippen LogP contribution is -2.33. The number of aromatic nitrogens is 1. The maximum atomic E-state index is 12.4. The van der Waals surface area contributed by atoms with Crippen molar-refractivity contribution >= 4 is 25.7 Å². The third kappa shape index (κ3) is 3.23. The van der Waals surface area contributed by atoms with Crippen LogP contribution in [-0.4, -0.2) is 50.7 Å². The molecule has 0 atom stereocenters. The van der Waals surface area contributed by atoms with Crippen LogP contribution in [0.25, 0.3) is 0 Å². The summed E-state index contributed by atoms with van der Waals surface area (Å²) in [6.45, 7) is 0.177. The van der Waals surface area contributed by atoms with Crippen LogP contribution in [0.3, 0.4) is 0 Å². The summed E-state index contributed by atoms with van der Waals surface area (Å²) in [4.78, 5) is 3.78. The van der Waals surface area contributed by atoms with E-state index in [1.54, 1.807) is 0 Å². The number of rotatable bonds is 2. The molecular formula is C10H15N3O4S2. The van der Waals surface area contributed by atoms with Crippen molar-refractivity contribution in [1.29, 1.82) is 0 Å². The lowest BCUT2D eigenvalue weighted by Gasteiger charge is -2.19. The second-order valence-electron chi connectivity index (χ2n) is 4.33. The highest BCUT2D eigenvalue weighted by atomic mass is 32.2. The van der Waals surface area contributed by atoms with Crippen LogP contribution in [0.1, 0.15) is 6.42 Å². The van der Waals surface area contributed by atoms with Gasteiger partial charge in [-0.25, -0.2) is 21.8 Å². The molecule has 9 heteroatoms. The first kappa shape index (κ1) is 14.2. The predicted octanol–water partition coefficient (Wildman–Crippen LogP) is -0.527. The molecule has 0 unspecified atom stereocenters. The maximum Gasteiger partial charge on any atom is 0.243 e. The van der Waals surface area contributed by atoms with E-state index in [2.05, 4.69) is 4.98 Å². The number of nitrogens with zero attached hydrogens (tertiary/aromatic N) is 2. The second-order valence-corrected chi connectivity index (χ2v) is 8.57. The largest absolute Gasteiger partial charge is 0.384 e. The van der Waals surface area contributed by atoms with Gasteiger partial charge in [0.15, 0.2) is 9.84 Å². The molecule has 0 amide bonds. The van der Waals surface area contributed by atoms with E-state index in [-0.39, 0.29) is 35.3 Å². The van der Waals surface area contributed by atoms with Crippen molar-refractivity contribution in [1.82, 2.24) is 9.29 Å². The number of hydrogen-bond donors (Lipinski definition) is 1. The van der Waals surface area contributed by atoms with Crippen LogP contribution in [0.15, 0.2) is 23.2 Å². The Bertz CT molecular complexity index is 670. The Hall–Kier alpha value is -1.19. The van der Waals surface area contributed by atoms with E-state index in [9.17, 15) is 16.8 Å². The summed E-state index contributed by atoms with van der Waals surface area (Å²) in [5.74, 6) is -0.00637. The van der Waals surface area contributed by atoms with Gasteiger partial charge in [0.25, 0.3) is 0 Å². The molecule has 7 nitrogen and oxygen atoms in total. The topological polar surface area (TPSA) is 110 Å². The number of hydrogen-bond acceptors (Lipinski definition) is 6. The molecule has 1 aromatic rings. The molecule has 2 N–H and O–H groups in total. The highest BCUT2D eigenvalue weighted by Gasteiger charge is 2.29. The highest BCUT2D eigenvalue weighted by molar-refractivity contribution is 7.91. The fourth-order valence-corrected chi connectivity index (χ4v) is 4.78. The van der Waals surface area contributed by atoms with Crippen LogP contribution >= 0.6 is 0 Å². The number of pyridine rings is 1. The molecule has 0 spiro atoms. The van der Waals surface area contributed by atoms with Gasteiger partial charge in [0.2, 0.25) is 10.0 Å². The number of anilines is 1. The number of nitrogens with two attached hydrogens (primary N) is 1. The summed E-state index contributed by atoms with van der Waals surface area (Å²) in [6, 6.07) is 2.62. The Morgan fingerprint density at radius 3 is 2.68 bits per heavy atom. The van der Waals surface area contributed by atoms with E-state index < -0.39 is 19.9 Å². The quantitative estimate of drug-likeness (QED) is 0.786. The molecular weight excluding hydrogens is 290 g/mol. The Kier molecular flexibility index (Phi) is 3.79. The third-order valence-corrected chi connectivity index (χ3v) is 6.51. The first-order valence-electron chi connectivity index (χ1n) is 5.73. The molecule has 1 aliphatic rings. The minimum absolute atomic E-state index is 0.0209. The van der Waals surface area contributed by atoms with Crippen molar-refractivity contribution < 1.29 is 16.8 Å². The molecule has 0 saturated carbocycles. The summed E-state index contributed by atoms with van der Waals surface area (Å²) in [7, 11) is -6.86. The second kappa shape index (κ2) is 5.06. The van der Waals surface area contributed by atoms with E-state index in [1.165, 1.54) is 22.6 Å². The minimum atomic E-state index is -3.71. The fourth-order valence-electron chi connectivity index (χ4n) is 1.89. The van der Waals surface area contributed by atoms with Gasteiger partial charge in [-0.1, -0.05) is 0 Å². The van der Waals surface area contributed by atoms with Crippen molar-refractivity contribution in [2.45, 2.75) is 11.3 Å². The molecule has 19 heavy (non-hydrogen) atoms. The molecule has 106 valence electrons. The van der Waals surface area contributed by atoms with Crippen molar-refractivity contribution in [3.8, 4) is 0 Å². The predicted molar refractivity (Wildman–Crippen MR) is 70.7 cm³/mol. The van der Waals surface area contributed by atoms with Crippen LogP contribution in [0.4, 0.5) is 5.82 Å². The zero-order valence-electron chi connectivity index (χ0n) is 10.2. The third-order valence-electron chi connectivity index (χ3n) is 2.90. The SMILES string of the molecule is Nc1cc(S(=O)(=O)N2CCCS(=O)(=O)CC2)ccn1. The van der Waals surface area contributed by atoms with Crippen LogP contribution in [-0.2, 0) is 19.9 Å². The molecule has 2 heterocycles. The van der Waals surface area contributed by atoms with Gasteiger partial charge in [0.1, 0.15) is 5.82 Å². The lowest BCUT2D eigenvalue weighted by atomic mass is 10.5. The molecule has 0 bridgehead atoms. The number of sulfone groups is 1. The number of sulfonamides is 1. The van der Waals surface area contributed by atoms with E-state index in [4.69, 9.17) is 5.73 Å². The van der Waals surface area contributed by atoms with E-state index in [1.807, 2.05) is 0 Å². The lowest BCUT2D eigenvalue weighted by molar-refractivity contribution is 0.434. The molecule has 1 aromatic heterocycles. The minimum Gasteiger partial charge on any atom is -0.384 e. The summed E-state index contributed by atoms with van der Waals surface area (Å²) < 4.78 is 48.9. The Morgan fingerprint density at radius 1 is 1.26 bits per heavy atom. The first-order valence-corrected chi connectivity index (χ1v) is 8.99. The van der Waals surface area contributed by atoms with Gasteiger partial charge in [-0.05, 0) is 12.5 Å². The zero-order chi connectivity index (χ0) is 14.1. The Labute approximate surface area is 112 Å². The smallest absolute Gasteiger partial charge is 0.243 e. The van der Waals surface area contributed by atoms with E-state index >= 15 is 0 Å². The fraction of sp³-hybridized carbons (Fsp3) is 0.500. The van der Waals surface area contributed by atoms with Crippen molar-refractivity contribution in [2.75, 3.05) is 30.3 Å². The van der Waals surface area contributed by atoms with Crippen LogP contribution in [0, 0.1) is 0 Å². The van der Waals surface area contributed by atoms with Gasteiger partial charge >= 0.3 is 0 Å². The van der Waals surface area contributed by atoms with Gasteiger partial charge in [0.05, 0.1) is 16.4 Å². The van der Waals surface area contributed by atoms with Gasteiger partial charge in [-0.2, -0.15) is 4.31 Å². The summed E-state index contributed by atoms with van der Waals surface area (Å²) in [5.41, 5.74) is 5.47. The summed E-state index contributed by atoms with van der Waals surface area (Å²) in [5, 5.41) is 0. The van der Waals surface area contributed by atoms with Crippen molar-refractivity contribution in [3.05, 3.63) is 18.3 Å². The normalized spacial score (nSPS) is 20.8. The average molecular weight is 305 g/mol. The summed E-state index contributed by atoms with van der Waals surface area (Å²) in [6.07, 6.45) is 1.62. The Morgan fingerprint density at radius 2 is 2.00 bits per heavy atom. The number of nitrogen functional groups attached to an aromatic ring is 1. The van der Waals surface area contributed by atoms with E-state index in [0.717, 1.165) is 0 Å². The van der Waals surface area contributed by atoms with Gasteiger partial charge in [-0.3, -0.25) is 0 Å². The Balaban J connectivity index is 2.30. The molecule has 2 rings (SSSR count). The van der Waals surface area contributed by atoms with Crippen LogP contribution in [0.2, 0.25) is 0 Å². The van der Waals surface area contributed by atoms with Gasteiger partial charge in [0, 0.05) is 25.4 Å². The van der Waals surface area contributed by atoms with Crippen molar-refractivity contribution in [3.63, 3.8) is 0 Å². The standard InChI is InChI=1S/C10H15N3O4S2/c11-10-8-9(2-3-12-10)19(16,17)13-4-1-6-18(14,15)7-5-13/h2-3,8H,1,4-7H2,(H2,11,12). The molecule has 0 aliphatic carbocycles. The average Bonchev–Trinajstić information content (AvgIpc) is 2.50. The zero-order valence-corrected chi connectivity index (χ0v) is 11.8. The highest BCUT2D eigenvalue weighted by Crippen LogP contribution is 2.19. The molecule has 0 aromatic carbocycles.